The minimum Gasteiger partial charge on any atom is -0.469 e. The molecule has 19 heavy (non-hydrogen) atoms. The molecule has 4 heteroatoms. The molecule has 0 saturated heterocycles. The molecule has 0 aliphatic heterocycles. The zero-order chi connectivity index (χ0) is 13.9. The molecular formula is C15H20BrNO2. The van der Waals surface area contributed by atoms with Gasteiger partial charge >= 0.3 is 5.97 Å². The first kappa shape index (κ1) is 14.5. The molecule has 0 N–H and O–H groups in total. The van der Waals surface area contributed by atoms with E-state index in [1.165, 1.54) is 12.7 Å². The van der Waals surface area contributed by atoms with Gasteiger partial charge in [-0.1, -0.05) is 28.1 Å². The molecule has 3 nitrogen and oxygen atoms in total. The fraction of sp³-hybridized carbons (Fsp3) is 0.533. The predicted molar refractivity (Wildman–Crippen MR) is 79.0 cm³/mol. The highest BCUT2D eigenvalue weighted by atomic mass is 79.9. The second-order valence-corrected chi connectivity index (χ2v) is 6.30. The Morgan fingerprint density at radius 3 is 2.53 bits per heavy atom. The highest BCUT2D eigenvalue weighted by Crippen LogP contribution is 2.47. The first-order valence-corrected chi connectivity index (χ1v) is 7.36. The number of benzene rings is 1. The number of carbonyl (C=O) groups excluding carboxylic acids is 1. The quantitative estimate of drug-likeness (QED) is 0.753. The fourth-order valence-corrected chi connectivity index (χ4v) is 2.63. The van der Waals surface area contributed by atoms with E-state index in [9.17, 15) is 4.79 Å². The molecule has 1 saturated carbocycles. The SMILES string of the molecule is COC(=O)C1(CN(C)CCc2ccc(Br)cc2)CC1. The lowest BCUT2D eigenvalue weighted by Crippen LogP contribution is -2.33. The molecule has 0 unspecified atom stereocenters. The van der Waals surface area contributed by atoms with Crippen LogP contribution in [0.25, 0.3) is 0 Å². The van der Waals surface area contributed by atoms with Crippen molar-refractivity contribution in [2.24, 2.45) is 5.41 Å². The van der Waals surface area contributed by atoms with Crippen LogP contribution < -0.4 is 0 Å². The third kappa shape index (κ3) is 3.80. The van der Waals surface area contributed by atoms with E-state index in [0.29, 0.717) is 0 Å². The molecule has 0 amide bonds. The topological polar surface area (TPSA) is 29.5 Å². The van der Waals surface area contributed by atoms with Crippen molar-refractivity contribution in [2.45, 2.75) is 19.3 Å². The second kappa shape index (κ2) is 6.06. The monoisotopic (exact) mass is 325 g/mol. The van der Waals surface area contributed by atoms with Crippen LogP contribution in [0.15, 0.2) is 28.7 Å². The zero-order valence-electron chi connectivity index (χ0n) is 11.5. The summed E-state index contributed by atoms with van der Waals surface area (Å²) in [5, 5.41) is 0. The van der Waals surface area contributed by atoms with Crippen LogP contribution in [-0.4, -0.2) is 38.1 Å². The summed E-state index contributed by atoms with van der Waals surface area (Å²) in [5.41, 5.74) is 1.10. The summed E-state index contributed by atoms with van der Waals surface area (Å²) < 4.78 is 5.99. The molecule has 0 heterocycles. The molecule has 1 aliphatic carbocycles. The number of ether oxygens (including phenoxy) is 1. The van der Waals surface area contributed by atoms with E-state index in [4.69, 9.17) is 4.74 Å². The van der Waals surface area contributed by atoms with Gasteiger partial charge in [0.15, 0.2) is 0 Å². The Balaban J connectivity index is 1.80. The third-order valence-electron chi connectivity index (χ3n) is 3.74. The normalized spacial score (nSPS) is 16.4. The largest absolute Gasteiger partial charge is 0.469 e. The van der Waals surface area contributed by atoms with Crippen LogP contribution in [-0.2, 0) is 16.0 Å². The van der Waals surface area contributed by atoms with Crippen LogP contribution in [0.3, 0.4) is 0 Å². The van der Waals surface area contributed by atoms with Gasteiger partial charge in [0.1, 0.15) is 0 Å². The summed E-state index contributed by atoms with van der Waals surface area (Å²) in [6, 6.07) is 8.38. The molecule has 1 fully saturated rings. The Morgan fingerprint density at radius 2 is 2.00 bits per heavy atom. The van der Waals surface area contributed by atoms with Gasteiger partial charge < -0.3 is 9.64 Å². The summed E-state index contributed by atoms with van der Waals surface area (Å²) in [4.78, 5) is 13.9. The molecule has 0 bridgehead atoms. The van der Waals surface area contributed by atoms with E-state index < -0.39 is 0 Å². The maximum Gasteiger partial charge on any atom is 0.313 e. The Kier molecular flexibility index (Phi) is 4.63. The number of carbonyl (C=O) groups is 1. The zero-order valence-corrected chi connectivity index (χ0v) is 13.1. The van der Waals surface area contributed by atoms with Gasteiger partial charge in [0.05, 0.1) is 12.5 Å². The van der Waals surface area contributed by atoms with Gasteiger partial charge in [-0.15, -0.1) is 0 Å². The van der Waals surface area contributed by atoms with Crippen molar-refractivity contribution in [1.29, 1.82) is 0 Å². The highest BCUT2D eigenvalue weighted by molar-refractivity contribution is 9.10. The van der Waals surface area contributed by atoms with Gasteiger partial charge in [-0.25, -0.2) is 0 Å². The van der Waals surface area contributed by atoms with Gasteiger partial charge in [-0.05, 0) is 44.0 Å². The van der Waals surface area contributed by atoms with Crippen LogP contribution in [0.2, 0.25) is 0 Å². The standard InChI is InChI=1S/C15H20BrNO2/c1-17(11-15(8-9-15)14(18)19-2)10-7-12-3-5-13(16)6-4-12/h3-6H,7-11H2,1-2H3. The molecular weight excluding hydrogens is 306 g/mol. The molecule has 1 aliphatic rings. The number of likely N-dealkylation sites (N-methyl/N-ethyl adjacent to an activating group) is 1. The van der Waals surface area contributed by atoms with Crippen molar-refractivity contribution < 1.29 is 9.53 Å². The van der Waals surface area contributed by atoms with E-state index in [-0.39, 0.29) is 11.4 Å². The number of methoxy groups -OCH3 is 1. The lowest BCUT2D eigenvalue weighted by atomic mass is 10.1. The van der Waals surface area contributed by atoms with Gasteiger partial charge in [-0.3, -0.25) is 4.79 Å². The van der Waals surface area contributed by atoms with Crippen LogP contribution in [0.4, 0.5) is 0 Å². The first-order chi connectivity index (χ1) is 9.05. The van der Waals surface area contributed by atoms with Crippen LogP contribution in [0.5, 0.6) is 0 Å². The third-order valence-corrected chi connectivity index (χ3v) is 4.27. The number of rotatable bonds is 6. The van der Waals surface area contributed by atoms with E-state index in [1.807, 2.05) is 0 Å². The molecule has 0 atom stereocenters. The van der Waals surface area contributed by atoms with E-state index in [1.54, 1.807) is 0 Å². The number of esters is 1. The maximum atomic E-state index is 11.7. The summed E-state index contributed by atoms with van der Waals surface area (Å²) >= 11 is 3.44. The Labute approximate surface area is 123 Å². The lowest BCUT2D eigenvalue weighted by Gasteiger charge is -2.21. The van der Waals surface area contributed by atoms with Gasteiger partial charge in [-0.2, -0.15) is 0 Å². The van der Waals surface area contributed by atoms with Gasteiger partial charge in [0, 0.05) is 17.6 Å². The number of hydrogen-bond acceptors (Lipinski definition) is 3. The van der Waals surface area contributed by atoms with Gasteiger partial charge in [0.2, 0.25) is 0 Å². The van der Waals surface area contributed by atoms with Gasteiger partial charge in [0.25, 0.3) is 0 Å². The number of hydrogen-bond donors (Lipinski definition) is 0. The summed E-state index contributed by atoms with van der Waals surface area (Å²) in [5.74, 6) is -0.0528. The molecule has 1 aromatic rings. The molecule has 0 radical (unpaired) electrons. The Morgan fingerprint density at radius 1 is 1.37 bits per heavy atom. The van der Waals surface area contributed by atoms with Crippen LogP contribution in [0.1, 0.15) is 18.4 Å². The Hall–Kier alpha value is -0.870. The van der Waals surface area contributed by atoms with E-state index in [2.05, 4.69) is 52.1 Å². The van der Waals surface area contributed by atoms with Crippen molar-refractivity contribution in [3.8, 4) is 0 Å². The fourth-order valence-electron chi connectivity index (χ4n) is 2.36. The van der Waals surface area contributed by atoms with Crippen molar-refractivity contribution in [3.63, 3.8) is 0 Å². The second-order valence-electron chi connectivity index (χ2n) is 5.39. The molecule has 1 aromatic carbocycles. The minimum absolute atomic E-state index is 0.0528. The Bertz CT molecular complexity index is 440. The van der Waals surface area contributed by atoms with Crippen molar-refractivity contribution in [2.75, 3.05) is 27.2 Å². The molecule has 104 valence electrons. The van der Waals surface area contributed by atoms with Crippen molar-refractivity contribution in [3.05, 3.63) is 34.3 Å². The van der Waals surface area contributed by atoms with Crippen LogP contribution in [0, 0.1) is 5.41 Å². The molecule has 0 spiro atoms. The molecule has 2 rings (SSSR count). The lowest BCUT2D eigenvalue weighted by molar-refractivity contribution is -0.147. The first-order valence-electron chi connectivity index (χ1n) is 6.57. The number of halogens is 1. The van der Waals surface area contributed by atoms with Crippen LogP contribution >= 0.6 is 15.9 Å². The van der Waals surface area contributed by atoms with E-state index in [0.717, 1.165) is 36.8 Å². The molecule has 0 aromatic heterocycles. The van der Waals surface area contributed by atoms with Crippen molar-refractivity contribution in [1.82, 2.24) is 4.90 Å². The summed E-state index contributed by atoms with van der Waals surface area (Å²) in [7, 11) is 3.55. The predicted octanol–water partition coefficient (Wildman–Crippen LogP) is 2.88. The van der Waals surface area contributed by atoms with Crippen molar-refractivity contribution >= 4 is 21.9 Å². The smallest absolute Gasteiger partial charge is 0.313 e. The number of nitrogens with zero attached hydrogens (tertiary/aromatic N) is 1. The van der Waals surface area contributed by atoms with E-state index >= 15 is 0 Å². The average Bonchev–Trinajstić information content (AvgIpc) is 3.18. The summed E-state index contributed by atoms with van der Waals surface area (Å²) in [6.07, 6.45) is 2.92. The maximum absolute atomic E-state index is 11.7. The highest BCUT2D eigenvalue weighted by Gasteiger charge is 2.51. The summed E-state index contributed by atoms with van der Waals surface area (Å²) in [6.45, 7) is 1.76. The minimum atomic E-state index is -0.219. The average molecular weight is 326 g/mol.